The van der Waals surface area contributed by atoms with Gasteiger partial charge < -0.3 is 20.1 Å². The molecule has 17 heavy (non-hydrogen) atoms. The van der Waals surface area contributed by atoms with Crippen molar-refractivity contribution in [2.75, 3.05) is 20.3 Å². The van der Waals surface area contributed by atoms with Crippen LogP contribution in [0, 0.1) is 0 Å². The van der Waals surface area contributed by atoms with Gasteiger partial charge in [0.05, 0.1) is 6.61 Å². The number of aliphatic hydroxyl groups excluding tert-OH is 1. The maximum atomic E-state index is 11.4. The zero-order valence-corrected chi connectivity index (χ0v) is 10.4. The lowest BCUT2D eigenvalue weighted by Gasteiger charge is -2.47. The van der Waals surface area contributed by atoms with Crippen molar-refractivity contribution in [2.24, 2.45) is 0 Å². The van der Waals surface area contributed by atoms with Crippen molar-refractivity contribution in [2.45, 2.75) is 50.2 Å². The molecule has 2 saturated heterocycles. The van der Waals surface area contributed by atoms with Crippen molar-refractivity contribution < 1.29 is 14.6 Å². The van der Waals surface area contributed by atoms with Gasteiger partial charge in [-0.2, -0.15) is 0 Å². The average Bonchev–Trinajstić information content (AvgIpc) is 2.28. The zero-order valence-electron chi connectivity index (χ0n) is 10.4. The Labute approximate surface area is 102 Å². The standard InChI is InChI=1S/C12H22N2O3/c1-14-10-3-2-4-11(14)8-9(7-10)13-12(16)17-6-5-15/h9-11,15H,2-8H2,1H3,(H,13,16). The van der Waals surface area contributed by atoms with Crippen molar-refractivity contribution in [3.05, 3.63) is 0 Å². The Morgan fingerprint density at radius 2 is 2.06 bits per heavy atom. The van der Waals surface area contributed by atoms with Crippen LogP contribution in [0.15, 0.2) is 0 Å². The van der Waals surface area contributed by atoms with Crippen molar-refractivity contribution in [1.29, 1.82) is 0 Å². The van der Waals surface area contributed by atoms with Gasteiger partial charge in [-0.25, -0.2) is 4.79 Å². The van der Waals surface area contributed by atoms with Crippen molar-refractivity contribution in [3.8, 4) is 0 Å². The lowest BCUT2D eigenvalue weighted by atomic mass is 9.82. The number of fused-ring (bicyclic) bond motifs is 2. The fourth-order valence-corrected chi connectivity index (χ4v) is 3.08. The number of aliphatic hydroxyl groups is 1. The van der Waals surface area contributed by atoms with Crippen LogP contribution in [0.3, 0.4) is 0 Å². The predicted octanol–water partition coefficient (Wildman–Crippen LogP) is 0.720. The maximum Gasteiger partial charge on any atom is 0.407 e. The molecule has 0 spiro atoms. The van der Waals surface area contributed by atoms with Crippen LogP contribution in [-0.4, -0.2) is 54.5 Å². The molecule has 2 rings (SSSR count). The van der Waals surface area contributed by atoms with E-state index >= 15 is 0 Å². The van der Waals surface area contributed by atoms with Crippen LogP contribution in [-0.2, 0) is 4.74 Å². The minimum Gasteiger partial charge on any atom is -0.447 e. The number of rotatable bonds is 3. The van der Waals surface area contributed by atoms with Crippen molar-refractivity contribution >= 4 is 6.09 Å². The molecule has 2 aliphatic heterocycles. The van der Waals surface area contributed by atoms with Gasteiger partial charge in [-0.3, -0.25) is 0 Å². The van der Waals surface area contributed by atoms with Gasteiger partial charge in [-0.1, -0.05) is 6.42 Å². The number of nitrogens with one attached hydrogen (secondary N) is 1. The van der Waals surface area contributed by atoms with Crippen LogP contribution in [0.25, 0.3) is 0 Å². The SMILES string of the molecule is CN1C2CCCC1CC(NC(=O)OCCO)C2. The van der Waals surface area contributed by atoms with Gasteiger partial charge in [0.25, 0.3) is 0 Å². The smallest absolute Gasteiger partial charge is 0.407 e. The molecule has 2 atom stereocenters. The fraction of sp³-hybridized carbons (Fsp3) is 0.917. The van der Waals surface area contributed by atoms with E-state index in [0.29, 0.717) is 12.1 Å². The summed E-state index contributed by atoms with van der Waals surface area (Å²) in [5, 5.41) is 11.5. The van der Waals surface area contributed by atoms with Crippen LogP contribution in [0.5, 0.6) is 0 Å². The quantitative estimate of drug-likeness (QED) is 0.765. The summed E-state index contributed by atoms with van der Waals surface area (Å²) in [5.74, 6) is 0. The summed E-state index contributed by atoms with van der Waals surface area (Å²) in [6.45, 7) is -0.0443. The summed E-state index contributed by atoms with van der Waals surface area (Å²) >= 11 is 0. The van der Waals surface area contributed by atoms with Gasteiger partial charge in [0, 0.05) is 18.1 Å². The number of hydrogen-bond donors (Lipinski definition) is 2. The largest absolute Gasteiger partial charge is 0.447 e. The molecule has 2 fully saturated rings. The van der Waals surface area contributed by atoms with E-state index in [-0.39, 0.29) is 19.3 Å². The molecule has 2 bridgehead atoms. The topological polar surface area (TPSA) is 61.8 Å². The molecular weight excluding hydrogens is 220 g/mol. The molecule has 0 aromatic rings. The summed E-state index contributed by atoms with van der Waals surface area (Å²) in [7, 11) is 2.19. The number of hydrogen-bond acceptors (Lipinski definition) is 4. The molecule has 2 aliphatic rings. The van der Waals surface area contributed by atoms with Crippen LogP contribution in [0.4, 0.5) is 4.79 Å². The highest BCUT2D eigenvalue weighted by atomic mass is 16.6. The molecule has 0 aliphatic carbocycles. The highest BCUT2D eigenvalue weighted by molar-refractivity contribution is 5.67. The first-order chi connectivity index (χ1) is 8.20. The second kappa shape index (κ2) is 5.69. The third kappa shape index (κ3) is 3.10. The van der Waals surface area contributed by atoms with Crippen LogP contribution >= 0.6 is 0 Å². The van der Waals surface area contributed by atoms with Crippen LogP contribution < -0.4 is 5.32 Å². The summed E-state index contributed by atoms with van der Waals surface area (Å²) in [5.41, 5.74) is 0. The summed E-state index contributed by atoms with van der Waals surface area (Å²) in [4.78, 5) is 13.9. The molecule has 5 nitrogen and oxygen atoms in total. The second-order valence-electron chi connectivity index (χ2n) is 5.08. The van der Waals surface area contributed by atoms with Gasteiger partial charge in [0.2, 0.25) is 0 Å². The molecule has 1 amide bonds. The van der Waals surface area contributed by atoms with E-state index in [1.807, 2.05) is 0 Å². The second-order valence-corrected chi connectivity index (χ2v) is 5.08. The maximum absolute atomic E-state index is 11.4. The van der Waals surface area contributed by atoms with Crippen molar-refractivity contribution in [1.82, 2.24) is 10.2 Å². The van der Waals surface area contributed by atoms with Gasteiger partial charge in [0.15, 0.2) is 0 Å². The first-order valence-electron chi connectivity index (χ1n) is 6.46. The van der Waals surface area contributed by atoms with Crippen LogP contribution in [0.2, 0.25) is 0 Å². The minimum absolute atomic E-state index is 0.0747. The van der Waals surface area contributed by atoms with E-state index in [2.05, 4.69) is 17.3 Å². The van der Waals surface area contributed by atoms with E-state index in [4.69, 9.17) is 9.84 Å². The molecule has 0 saturated carbocycles. The molecule has 0 aromatic heterocycles. The van der Waals surface area contributed by atoms with E-state index in [9.17, 15) is 4.79 Å². The number of amides is 1. The molecule has 2 N–H and O–H groups in total. The Bertz CT molecular complexity index is 258. The Morgan fingerprint density at radius 3 is 2.65 bits per heavy atom. The third-order valence-corrected chi connectivity index (χ3v) is 3.99. The third-order valence-electron chi connectivity index (χ3n) is 3.99. The molecule has 98 valence electrons. The zero-order chi connectivity index (χ0) is 12.3. The molecular formula is C12H22N2O3. The van der Waals surface area contributed by atoms with Gasteiger partial charge >= 0.3 is 6.09 Å². The first-order valence-corrected chi connectivity index (χ1v) is 6.46. The van der Waals surface area contributed by atoms with E-state index in [0.717, 1.165) is 12.8 Å². The molecule has 2 heterocycles. The highest BCUT2D eigenvalue weighted by Gasteiger charge is 2.36. The number of ether oxygens (including phenoxy) is 1. The number of carbonyl (C=O) groups excluding carboxylic acids is 1. The van der Waals surface area contributed by atoms with Crippen LogP contribution in [0.1, 0.15) is 32.1 Å². The normalized spacial score (nSPS) is 33.2. The predicted molar refractivity (Wildman–Crippen MR) is 63.8 cm³/mol. The average molecular weight is 242 g/mol. The number of piperidine rings is 2. The number of nitrogens with zero attached hydrogens (tertiary/aromatic N) is 1. The van der Waals surface area contributed by atoms with Gasteiger partial charge in [-0.15, -0.1) is 0 Å². The lowest BCUT2D eigenvalue weighted by Crippen LogP contribution is -2.55. The van der Waals surface area contributed by atoms with E-state index < -0.39 is 6.09 Å². The minimum atomic E-state index is -0.397. The molecule has 2 unspecified atom stereocenters. The Kier molecular flexibility index (Phi) is 4.23. The first kappa shape index (κ1) is 12.6. The number of alkyl carbamates (subject to hydrolysis) is 1. The Hall–Kier alpha value is -0.810. The van der Waals surface area contributed by atoms with E-state index in [1.54, 1.807) is 0 Å². The van der Waals surface area contributed by atoms with Gasteiger partial charge in [0.1, 0.15) is 6.61 Å². The monoisotopic (exact) mass is 242 g/mol. The van der Waals surface area contributed by atoms with Gasteiger partial charge in [-0.05, 0) is 32.7 Å². The molecule has 5 heteroatoms. The Balaban J connectivity index is 1.81. The van der Waals surface area contributed by atoms with E-state index in [1.165, 1.54) is 19.3 Å². The number of carbonyl (C=O) groups is 1. The fourth-order valence-electron chi connectivity index (χ4n) is 3.08. The van der Waals surface area contributed by atoms with Crippen molar-refractivity contribution in [3.63, 3.8) is 0 Å². The summed E-state index contributed by atoms with van der Waals surface area (Å²) in [6, 6.07) is 1.43. The lowest BCUT2D eigenvalue weighted by molar-refractivity contribution is 0.0452. The highest BCUT2D eigenvalue weighted by Crippen LogP contribution is 2.32. The summed E-state index contributed by atoms with van der Waals surface area (Å²) in [6.07, 6.45) is 5.41. The Morgan fingerprint density at radius 1 is 1.41 bits per heavy atom. The summed E-state index contributed by atoms with van der Waals surface area (Å²) < 4.78 is 4.83. The molecule has 0 aromatic carbocycles. The molecule has 0 radical (unpaired) electrons.